The zero-order chi connectivity index (χ0) is 12.0. The number of hydrogen-bond acceptors (Lipinski definition) is 2. The molecule has 94 valence electrons. The largest absolute Gasteiger partial charge is 0.340 e. The van der Waals surface area contributed by atoms with Crippen LogP contribution in [0.4, 0.5) is 0 Å². The standard InChI is InChI=1S/C13H26N2O/c1-4-6-9-15(12-7-8-12)13(16)10-11(3)14-5-2/h11-12,14H,4-10H2,1-3H3. The van der Waals surface area contributed by atoms with Gasteiger partial charge in [0.25, 0.3) is 0 Å². The summed E-state index contributed by atoms with van der Waals surface area (Å²) in [7, 11) is 0. The van der Waals surface area contributed by atoms with Crippen molar-refractivity contribution in [3.63, 3.8) is 0 Å². The summed E-state index contributed by atoms with van der Waals surface area (Å²) in [5.74, 6) is 0.337. The number of amides is 1. The van der Waals surface area contributed by atoms with Crippen molar-refractivity contribution in [1.29, 1.82) is 0 Å². The first-order chi connectivity index (χ1) is 7.69. The fraction of sp³-hybridized carbons (Fsp3) is 0.923. The van der Waals surface area contributed by atoms with Gasteiger partial charge in [-0.1, -0.05) is 20.3 Å². The summed E-state index contributed by atoms with van der Waals surface area (Å²) in [6.07, 6.45) is 5.38. The molecule has 1 rings (SSSR count). The van der Waals surface area contributed by atoms with Gasteiger partial charge in [0.1, 0.15) is 0 Å². The molecular weight excluding hydrogens is 200 g/mol. The molecule has 3 nitrogen and oxygen atoms in total. The van der Waals surface area contributed by atoms with Gasteiger partial charge < -0.3 is 10.2 Å². The van der Waals surface area contributed by atoms with Crippen molar-refractivity contribution in [3.8, 4) is 0 Å². The van der Waals surface area contributed by atoms with Crippen molar-refractivity contribution in [2.24, 2.45) is 0 Å². The van der Waals surface area contributed by atoms with Crippen LogP contribution in [0.1, 0.15) is 52.9 Å². The van der Waals surface area contributed by atoms with Crippen LogP contribution < -0.4 is 5.32 Å². The molecule has 1 aliphatic carbocycles. The number of unbranched alkanes of at least 4 members (excludes halogenated alkanes) is 1. The Morgan fingerprint density at radius 1 is 1.44 bits per heavy atom. The third-order valence-corrected chi connectivity index (χ3v) is 3.09. The molecule has 1 atom stereocenters. The zero-order valence-corrected chi connectivity index (χ0v) is 11.0. The smallest absolute Gasteiger partial charge is 0.224 e. The molecule has 0 spiro atoms. The third kappa shape index (κ3) is 4.52. The second-order valence-electron chi connectivity index (χ2n) is 4.83. The minimum atomic E-state index is 0.306. The normalized spacial score (nSPS) is 17.2. The van der Waals surface area contributed by atoms with Crippen molar-refractivity contribution < 1.29 is 4.79 Å². The van der Waals surface area contributed by atoms with E-state index in [4.69, 9.17) is 0 Å². The summed E-state index contributed by atoms with van der Waals surface area (Å²) < 4.78 is 0. The summed E-state index contributed by atoms with van der Waals surface area (Å²) in [5, 5.41) is 3.30. The van der Waals surface area contributed by atoms with Gasteiger partial charge in [-0.2, -0.15) is 0 Å². The van der Waals surface area contributed by atoms with Crippen molar-refractivity contribution in [3.05, 3.63) is 0 Å². The topological polar surface area (TPSA) is 32.3 Å². The van der Waals surface area contributed by atoms with E-state index in [9.17, 15) is 4.79 Å². The Kier molecular flexibility index (Phi) is 5.81. The van der Waals surface area contributed by atoms with Gasteiger partial charge in [-0.25, -0.2) is 0 Å². The van der Waals surface area contributed by atoms with E-state index in [0.717, 1.165) is 19.5 Å². The molecule has 1 aliphatic rings. The summed E-state index contributed by atoms with van der Waals surface area (Å²) in [6, 6.07) is 0.869. The highest BCUT2D eigenvalue weighted by Crippen LogP contribution is 2.27. The minimum Gasteiger partial charge on any atom is -0.340 e. The summed E-state index contributed by atoms with van der Waals surface area (Å²) >= 11 is 0. The minimum absolute atomic E-state index is 0.306. The van der Waals surface area contributed by atoms with Gasteiger partial charge in [-0.05, 0) is 32.7 Å². The van der Waals surface area contributed by atoms with Crippen LogP contribution in [0.2, 0.25) is 0 Å². The van der Waals surface area contributed by atoms with E-state index in [1.807, 2.05) is 0 Å². The van der Waals surface area contributed by atoms with E-state index in [2.05, 4.69) is 31.0 Å². The lowest BCUT2D eigenvalue weighted by molar-refractivity contribution is -0.132. The molecule has 0 aromatic carbocycles. The second kappa shape index (κ2) is 6.89. The summed E-state index contributed by atoms with van der Waals surface area (Å²) in [6.45, 7) is 8.24. The van der Waals surface area contributed by atoms with Crippen LogP contribution in [-0.2, 0) is 4.79 Å². The van der Waals surface area contributed by atoms with Crippen LogP contribution in [0.15, 0.2) is 0 Å². The van der Waals surface area contributed by atoms with Crippen LogP contribution in [0.25, 0.3) is 0 Å². The van der Waals surface area contributed by atoms with Crippen molar-refractivity contribution in [1.82, 2.24) is 10.2 Å². The Morgan fingerprint density at radius 2 is 2.12 bits per heavy atom. The van der Waals surface area contributed by atoms with Crippen molar-refractivity contribution in [2.45, 2.75) is 65.0 Å². The number of nitrogens with one attached hydrogen (secondary N) is 1. The molecule has 1 N–H and O–H groups in total. The Bertz CT molecular complexity index is 214. The molecule has 0 bridgehead atoms. The molecule has 3 heteroatoms. The lowest BCUT2D eigenvalue weighted by Crippen LogP contribution is -2.38. The molecule has 16 heavy (non-hydrogen) atoms. The number of rotatable bonds is 8. The third-order valence-electron chi connectivity index (χ3n) is 3.09. The average molecular weight is 226 g/mol. The van der Waals surface area contributed by atoms with Crippen LogP contribution >= 0.6 is 0 Å². The van der Waals surface area contributed by atoms with E-state index in [1.165, 1.54) is 19.3 Å². The first kappa shape index (κ1) is 13.5. The molecule has 0 aromatic rings. The molecule has 1 fully saturated rings. The first-order valence-electron chi connectivity index (χ1n) is 6.71. The van der Waals surface area contributed by atoms with Gasteiger partial charge in [0.15, 0.2) is 0 Å². The average Bonchev–Trinajstić information content (AvgIpc) is 3.02. The molecule has 0 radical (unpaired) electrons. The van der Waals surface area contributed by atoms with E-state index in [-0.39, 0.29) is 0 Å². The maximum Gasteiger partial charge on any atom is 0.224 e. The Labute approximate surface area is 99.6 Å². The quantitative estimate of drug-likeness (QED) is 0.688. The summed E-state index contributed by atoms with van der Waals surface area (Å²) in [4.78, 5) is 14.2. The van der Waals surface area contributed by atoms with Crippen LogP contribution in [0, 0.1) is 0 Å². The highest BCUT2D eigenvalue weighted by molar-refractivity contribution is 5.77. The van der Waals surface area contributed by atoms with Crippen LogP contribution in [0.3, 0.4) is 0 Å². The highest BCUT2D eigenvalue weighted by atomic mass is 16.2. The highest BCUT2D eigenvalue weighted by Gasteiger charge is 2.32. The zero-order valence-electron chi connectivity index (χ0n) is 11.0. The molecule has 0 heterocycles. The number of nitrogens with zero attached hydrogens (tertiary/aromatic N) is 1. The molecule has 0 aromatic heterocycles. The van der Waals surface area contributed by atoms with Gasteiger partial charge in [0.2, 0.25) is 5.91 Å². The molecule has 1 saturated carbocycles. The lowest BCUT2D eigenvalue weighted by atomic mass is 10.2. The number of carbonyl (C=O) groups is 1. The fourth-order valence-corrected chi connectivity index (χ4v) is 2.03. The van der Waals surface area contributed by atoms with E-state index in [1.54, 1.807) is 0 Å². The van der Waals surface area contributed by atoms with Gasteiger partial charge in [-0.3, -0.25) is 4.79 Å². The molecule has 0 aliphatic heterocycles. The Balaban J connectivity index is 2.34. The van der Waals surface area contributed by atoms with E-state index < -0.39 is 0 Å². The van der Waals surface area contributed by atoms with Crippen molar-refractivity contribution in [2.75, 3.05) is 13.1 Å². The lowest BCUT2D eigenvalue weighted by Gasteiger charge is -2.24. The predicted molar refractivity (Wildman–Crippen MR) is 67.4 cm³/mol. The van der Waals surface area contributed by atoms with Gasteiger partial charge in [0.05, 0.1) is 0 Å². The maximum absolute atomic E-state index is 12.1. The molecule has 1 amide bonds. The van der Waals surface area contributed by atoms with Gasteiger partial charge in [-0.15, -0.1) is 0 Å². The van der Waals surface area contributed by atoms with Gasteiger partial charge >= 0.3 is 0 Å². The number of hydrogen-bond donors (Lipinski definition) is 1. The van der Waals surface area contributed by atoms with E-state index >= 15 is 0 Å². The first-order valence-corrected chi connectivity index (χ1v) is 6.71. The molecule has 0 saturated heterocycles. The number of carbonyl (C=O) groups excluding carboxylic acids is 1. The van der Waals surface area contributed by atoms with Gasteiger partial charge in [0, 0.05) is 25.0 Å². The van der Waals surface area contributed by atoms with E-state index in [0.29, 0.717) is 24.4 Å². The summed E-state index contributed by atoms with van der Waals surface area (Å²) in [5.41, 5.74) is 0. The van der Waals surface area contributed by atoms with Crippen LogP contribution in [-0.4, -0.2) is 36.0 Å². The SMILES string of the molecule is CCCCN(C(=O)CC(C)NCC)C1CC1. The molecular formula is C13H26N2O. The molecule has 1 unspecified atom stereocenters. The predicted octanol–water partition coefficient (Wildman–Crippen LogP) is 2.17. The fourth-order valence-electron chi connectivity index (χ4n) is 2.03. The second-order valence-corrected chi connectivity index (χ2v) is 4.83. The Hall–Kier alpha value is -0.570. The monoisotopic (exact) mass is 226 g/mol. The van der Waals surface area contributed by atoms with Crippen LogP contribution in [0.5, 0.6) is 0 Å². The Morgan fingerprint density at radius 3 is 2.62 bits per heavy atom. The maximum atomic E-state index is 12.1. The van der Waals surface area contributed by atoms with Crippen molar-refractivity contribution >= 4 is 5.91 Å².